The summed E-state index contributed by atoms with van der Waals surface area (Å²) >= 11 is 0. The van der Waals surface area contributed by atoms with Crippen molar-refractivity contribution < 1.29 is 9.84 Å². The van der Waals surface area contributed by atoms with Crippen molar-refractivity contribution in [2.45, 2.75) is 72.0 Å². The lowest BCUT2D eigenvalue weighted by Gasteiger charge is -2.19. The minimum absolute atomic E-state index is 0.218. The van der Waals surface area contributed by atoms with Gasteiger partial charge in [-0.05, 0) is 26.2 Å². The summed E-state index contributed by atoms with van der Waals surface area (Å²) in [6, 6.07) is 0. The predicted molar refractivity (Wildman–Crippen MR) is 65.0 cm³/mol. The summed E-state index contributed by atoms with van der Waals surface area (Å²) in [5, 5.41) is 9.77. The molecule has 92 valence electrons. The number of hydrogen-bond acceptors (Lipinski definition) is 2. The fourth-order valence-electron chi connectivity index (χ4n) is 1.74. The highest BCUT2D eigenvalue weighted by molar-refractivity contribution is 4.64. The number of rotatable bonds is 9. The highest BCUT2D eigenvalue weighted by Crippen LogP contribution is 2.18. The number of aliphatic hydroxyl groups is 1. The van der Waals surface area contributed by atoms with Gasteiger partial charge in [-0.25, -0.2) is 0 Å². The Morgan fingerprint density at radius 3 is 2.33 bits per heavy atom. The molecule has 0 saturated heterocycles. The van der Waals surface area contributed by atoms with Gasteiger partial charge in [-0.1, -0.05) is 39.5 Å². The topological polar surface area (TPSA) is 29.5 Å². The second kappa shape index (κ2) is 9.17. The van der Waals surface area contributed by atoms with Gasteiger partial charge in [-0.2, -0.15) is 0 Å². The SMILES string of the molecule is CCCCC(CC)CC(O)COC(C)C. The third kappa shape index (κ3) is 8.88. The zero-order valence-electron chi connectivity index (χ0n) is 10.8. The largest absolute Gasteiger partial charge is 0.391 e. The van der Waals surface area contributed by atoms with Gasteiger partial charge < -0.3 is 9.84 Å². The maximum Gasteiger partial charge on any atom is 0.0776 e. The molecule has 2 unspecified atom stereocenters. The molecular weight excluding hydrogens is 188 g/mol. The van der Waals surface area contributed by atoms with Crippen LogP contribution in [-0.4, -0.2) is 23.9 Å². The molecule has 0 aliphatic carbocycles. The molecular formula is C13H28O2. The Morgan fingerprint density at radius 1 is 1.20 bits per heavy atom. The lowest BCUT2D eigenvalue weighted by molar-refractivity contribution is -0.00449. The van der Waals surface area contributed by atoms with Crippen LogP contribution in [0.25, 0.3) is 0 Å². The first-order chi connectivity index (χ1) is 7.10. The summed E-state index contributed by atoms with van der Waals surface area (Å²) in [6.45, 7) is 8.91. The average molecular weight is 216 g/mol. The summed E-state index contributed by atoms with van der Waals surface area (Å²) in [5.41, 5.74) is 0. The summed E-state index contributed by atoms with van der Waals surface area (Å²) in [5.74, 6) is 0.663. The normalized spacial score (nSPS) is 15.6. The zero-order valence-corrected chi connectivity index (χ0v) is 10.8. The minimum atomic E-state index is -0.283. The van der Waals surface area contributed by atoms with Crippen LogP contribution in [0.15, 0.2) is 0 Å². The quantitative estimate of drug-likeness (QED) is 0.640. The molecule has 2 atom stereocenters. The lowest BCUT2D eigenvalue weighted by atomic mass is 9.93. The van der Waals surface area contributed by atoms with E-state index in [2.05, 4.69) is 13.8 Å². The molecule has 2 heteroatoms. The Morgan fingerprint density at radius 2 is 1.87 bits per heavy atom. The predicted octanol–water partition coefficient (Wildman–Crippen LogP) is 3.38. The first-order valence-electron chi connectivity index (χ1n) is 6.39. The first-order valence-corrected chi connectivity index (χ1v) is 6.39. The lowest BCUT2D eigenvalue weighted by Crippen LogP contribution is -2.21. The number of ether oxygens (including phenoxy) is 1. The smallest absolute Gasteiger partial charge is 0.0776 e. The molecule has 0 aromatic rings. The van der Waals surface area contributed by atoms with E-state index in [4.69, 9.17) is 4.74 Å². The van der Waals surface area contributed by atoms with Crippen molar-refractivity contribution in [3.05, 3.63) is 0 Å². The van der Waals surface area contributed by atoms with E-state index in [-0.39, 0.29) is 12.2 Å². The molecule has 0 aromatic carbocycles. The minimum Gasteiger partial charge on any atom is -0.391 e. The summed E-state index contributed by atoms with van der Waals surface area (Å²) < 4.78 is 5.40. The number of unbranched alkanes of at least 4 members (excludes halogenated alkanes) is 1. The third-order valence-corrected chi connectivity index (χ3v) is 2.77. The van der Waals surface area contributed by atoms with E-state index in [1.807, 2.05) is 13.8 Å². The van der Waals surface area contributed by atoms with Crippen LogP contribution in [0.2, 0.25) is 0 Å². The maximum absolute atomic E-state index is 9.77. The van der Waals surface area contributed by atoms with Crippen molar-refractivity contribution in [3.63, 3.8) is 0 Å². The number of hydrogen-bond donors (Lipinski definition) is 1. The molecule has 2 nitrogen and oxygen atoms in total. The van der Waals surface area contributed by atoms with Gasteiger partial charge in [0.05, 0.1) is 18.8 Å². The van der Waals surface area contributed by atoms with Gasteiger partial charge in [0.2, 0.25) is 0 Å². The van der Waals surface area contributed by atoms with Crippen LogP contribution in [0.3, 0.4) is 0 Å². The van der Waals surface area contributed by atoms with Crippen molar-refractivity contribution in [1.29, 1.82) is 0 Å². The first kappa shape index (κ1) is 14.9. The van der Waals surface area contributed by atoms with Gasteiger partial charge in [-0.15, -0.1) is 0 Å². The van der Waals surface area contributed by atoms with Gasteiger partial charge in [0.25, 0.3) is 0 Å². The Labute approximate surface area is 95.0 Å². The van der Waals surface area contributed by atoms with E-state index in [9.17, 15) is 5.11 Å². The standard InChI is InChI=1S/C13H28O2/c1-5-7-8-12(6-2)9-13(14)10-15-11(3)4/h11-14H,5-10H2,1-4H3. The molecule has 0 fully saturated rings. The van der Waals surface area contributed by atoms with E-state index < -0.39 is 0 Å². The molecule has 15 heavy (non-hydrogen) atoms. The maximum atomic E-state index is 9.77. The summed E-state index contributed by atoms with van der Waals surface area (Å²) in [4.78, 5) is 0. The molecule has 0 heterocycles. The molecule has 0 amide bonds. The van der Waals surface area contributed by atoms with Crippen LogP contribution in [0.1, 0.15) is 59.8 Å². The van der Waals surface area contributed by atoms with Crippen LogP contribution in [0, 0.1) is 5.92 Å². The molecule has 0 aliphatic heterocycles. The van der Waals surface area contributed by atoms with E-state index in [1.54, 1.807) is 0 Å². The monoisotopic (exact) mass is 216 g/mol. The summed E-state index contributed by atoms with van der Waals surface area (Å²) in [6.07, 6.45) is 5.75. The Hall–Kier alpha value is -0.0800. The fraction of sp³-hybridized carbons (Fsp3) is 1.00. The van der Waals surface area contributed by atoms with E-state index in [0.29, 0.717) is 12.5 Å². The van der Waals surface area contributed by atoms with Crippen LogP contribution < -0.4 is 0 Å². The Bertz CT molecular complexity index is 134. The molecule has 0 bridgehead atoms. The molecule has 0 aromatic heterocycles. The van der Waals surface area contributed by atoms with E-state index >= 15 is 0 Å². The van der Waals surface area contributed by atoms with E-state index in [0.717, 1.165) is 6.42 Å². The fourth-order valence-corrected chi connectivity index (χ4v) is 1.74. The second-order valence-electron chi connectivity index (χ2n) is 4.69. The van der Waals surface area contributed by atoms with Crippen molar-refractivity contribution >= 4 is 0 Å². The average Bonchev–Trinajstić information content (AvgIpc) is 2.21. The molecule has 0 radical (unpaired) electrons. The van der Waals surface area contributed by atoms with Gasteiger partial charge >= 0.3 is 0 Å². The highest BCUT2D eigenvalue weighted by atomic mass is 16.5. The zero-order chi connectivity index (χ0) is 11.7. The van der Waals surface area contributed by atoms with Crippen LogP contribution in [0.5, 0.6) is 0 Å². The van der Waals surface area contributed by atoms with Crippen molar-refractivity contribution in [1.82, 2.24) is 0 Å². The molecule has 1 N–H and O–H groups in total. The van der Waals surface area contributed by atoms with Crippen LogP contribution in [-0.2, 0) is 4.74 Å². The molecule has 0 spiro atoms. The molecule has 0 aliphatic rings. The van der Waals surface area contributed by atoms with Crippen molar-refractivity contribution in [3.8, 4) is 0 Å². The number of aliphatic hydroxyl groups excluding tert-OH is 1. The van der Waals surface area contributed by atoms with Gasteiger partial charge in [0, 0.05) is 0 Å². The van der Waals surface area contributed by atoms with Gasteiger partial charge in [0.1, 0.15) is 0 Å². The van der Waals surface area contributed by atoms with Crippen LogP contribution >= 0.6 is 0 Å². The van der Waals surface area contributed by atoms with E-state index in [1.165, 1.54) is 25.7 Å². The molecule has 0 rings (SSSR count). The Kier molecular flexibility index (Phi) is 9.12. The summed E-state index contributed by atoms with van der Waals surface area (Å²) in [7, 11) is 0. The molecule has 0 saturated carbocycles. The van der Waals surface area contributed by atoms with Gasteiger partial charge in [0.15, 0.2) is 0 Å². The highest BCUT2D eigenvalue weighted by Gasteiger charge is 2.13. The second-order valence-corrected chi connectivity index (χ2v) is 4.69. The van der Waals surface area contributed by atoms with Gasteiger partial charge in [-0.3, -0.25) is 0 Å². The Balaban J connectivity index is 3.64. The van der Waals surface area contributed by atoms with Crippen LogP contribution in [0.4, 0.5) is 0 Å². The third-order valence-electron chi connectivity index (χ3n) is 2.77. The van der Waals surface area contributed by atoms with Crippen molar-refractivity contribution in [2.24, 2.45) is 5.92 Å². The van der Waals surface area contributed by atoms with Crippen molar-refractivity contribution in [2.75, 3.05) is 6.61 Å².